The van der Waals surface area contributed by atoms with E-state index in [-0.39, 0.29) is 11.9 Å². The fourth-order valence-corrected chi connectivity index (χ4v) is 4.57. The van der Waals surface area contributed by atoms with Gasteiger partial charge in [-0.3, -0.25) is 9.69 Å². The van der Waals surface area contributed by atoms with Gasteiger partial charge in [-0.05, 0) is 78.2 Å². The van der Waals surface area contributed by atoms with Gasteiger partial charge in [0.25, 0.3) is 0 Å². The molecule has 0 spiro atoms. The molecule has 2 atom stereocenters. The third-order valence-corrected chi connectivity index (χ3v) is 6.08. The van der Waals surface area contributed by atoms with Crippen molar-refractivity contribution in [2.24, 2.45) is 17.0 Å². The van der Waals surface area contributed by atoms with Crippen LogP contribution < -0.4 is 4.74 Å². The van der Waals surface area contributed by atoms with Crippen molar-refractivity contribution in [3.63, 3.8) is 0 Å². The van der Waals surface area contributed by atoms with Gasteiger partial charge in [-0.15, -0.1) is 4.91 Å². The molecule has 0 N–H and O–H groups in total. The van der Waals surface area contributed by atoms with Gasteiger partial charge >= 0.3 is 0 Å². The number of nitroso groups, excluding NO2 is 1. The Morgan fingerprint density at radius 3 is 2.25 bits per heavy atom. The monoisotopic (exact) mass is 378 g/mol. The number of ether oxygens (including phenoxy) is 1. The first-order valence-electron chi connectivity index (χ1n) is 10.1. The van der Waals surface area contributed by atoms with Crippen molar-refractivity contribution in [2.75, 3.05) is 19.6 Å². The quantitative estimate of drug-likeness (QED) is 0.521. The number of aryl methyl sites for hydroxylation is 1. The Morgan fingerprint density at radius 1 is 1.04 bits per heavy atom. The van der Waals surface area contributed by atoms with Crippen molar-refractivity contribution in [2.45, 2.75) is 32.3 Å². The van der Waals surface area contributed by atoms with Gasteiger partial charge in [-0.25, -0.2) is 0 Å². The number of hydrogen-bond donors (Lipinski definition) is 0. The Kier molecular flexibility index (Phi) is 5.53. The summed E-state index contributed by atoms with van der Waals surface area (Å²) in [5, 5.41) is 2.87. The lowest BCUT2D eigenvalue weighted by Crippen LogP contribution is -2.30. The van der Waals surface area contributed by atoms with Crippen LogP contribution in [0.3, 0.4) is 0 Å². The SMILES string of the molecule is CCc1ccc(OC2CC3CN(CC(=O)c4ccc(N=O)cc4)CC3C2)cc1. The summed E-state index contributed by atoms with van der Waals surface area (Å²) in [7, 11) is 0. The molecule has 1 aliphatic carbocycles. The van der Waals surface area contributed by atoms with E-state index in [1.807, 2.05) is 0 Å². The average Bonchev–Trinajstić information content (AvgIpc) is 3.26. The normalized spacial score (nSPS) is 24.1. The van der Waals surface area contributed by atoms with E-state index in [2.05, 4.69) is 41.3 Å². The summed E-state index contributed by atoms with van der Waals surface area (Å²) < 4.78 is 6.20. The number of carbonyl (C=O) groups is 1. The zero-order valence-corrected chi connectivity index (χ0v) is 16.2. The molecule has 5 nitrogen and oxygen atoms in total. The minimum absolute atomic E-state index is 0.0984. The summed E-state index contributed by atoms with van der Waals surface area (Å²) in [6.07, 6.45) is 3.44. The minimum Gasteiger partial charge on any atom is -0.490 e. The highest BCUT2D eigenvalue weighted by atomic mass is 16.5. The van der Waals surface area contributed by atoms with Crippen LogP contribution >= 0.6 is 0 Å². The van der Waals surface area contributed by atoms with E-state index in [4.69, 9.17) is 4.74 Å². The lowest BCUT2D eigenvalue weighted by Gasteiger charge is -2.19. The average molecular weight is 378 g/mol. The largest absolute Gasteiger partial charge is 0.490 e. The molecule has 1 saturated carbocycles. The van der Waals surface area contributed by atoms with Crippen molar-refractivity contribution in [1.29, 1.82) is 0 Å². The number of likely N-dealkylation sites (tertiary alicyclic amines) is 1. The second-order valence-corrected chi connectivity index (χ2v) is 7.98. The molecule has 2 aliphatic rings. The van der Waals surface area contributed by atoms with Crippen LogP contribution in [0.4, 0.5) is 5.69 Å². The van der Waals surface area contributed by atoms with Crippen molar-refractivity contribution in [1.82, 2.24) is 4.90 Å². The van der Waals surface area contributed by atoms with E-state index in [9.17, 15) is 9.70 Å². The summed E-state index contributed by atoms with van der Waals surface area (Å²) in [5.74, 6) is 2.27. The van der Waals surface area contributed by atoms with Crippen molar-refractivity contribution in [3.05, 3.63) is 64.6 Å². The van der Waals surface area contributed by atoms with E-state index in [0.717, 1.165) is 38.1 Å². The molecule has 146 valence electrons. The van der Waals surface area contributed by atoms with Crippen molar-refractivity contribution in [3.8, 4) is 5.75 Å². The number of benzene rings is 2. The molecule has 2 fully saturated rings. The Morgan fingerprint density at radius 2 is 1.68 bits per heavy atom. The van der Waals surface area contributed by atoms with Crippen molar-refractivity contribution < 1.29 is 9.53 Å². The number of hydrogen-bond acceptors (Lipinski definition) is 5. The van der Waals surface area contributed by atoms with E-state index in [1.54, 1.807) is 24.3 Å². The zero-order valence-electron chi connectivity index (χ0n) is 16.2. The van der Waals surface area contributed by atoms with Gasteiger partial charge in [0, 0.05) is 18.7 Å². The molecule has 5 heteroatoms. The minimum atomic E-state index is 0.0984. The van der Waals surface area contributed by atoms with E-state index in [0.29, 0.717) is 29.6 Å². The van der Waals surface area contributed by atoms with Crippen LogP contribution in [-0.4, -0.2) is 36.4 Å². The molecule has 1 aliphatic heterocycles. The van der Waals surface area contributed by atoms with Gasteiger partial charge in [-0.1, -0.05) is 19.1 Å². The van der Waals surface area contributed by atoms with Gasteiger partial charge in [-0.2, -0.15) is 0 Å². The van der Waals surface area contributed by atoms with Crippen LogP contribution in [0.25, 0.3) is 0 Å². The maximum absolute atomic E-state index is 12.5. The first kappa shape index (κ1) is 18.8. The smallest absolute Gasteiger partial charge is 0.176 e. The standard InChI is InChI=1S/C23H26N2O3/c1-2-16-3-9-21(10-4-16)28-22-11-18-13-25(14-19(18)12-22)15-23(26)17-5-7-20(24-27)8-6-17/h3-10,18-19,22H,2,11-15H2,1H3. The summed E-state index contributed by atoms with van der Waals surface area (Å²) in [5.41, 5.74) is 2.32. The molecule has 1 saturated heterocycles. The van der Waals surface area contributed by atoms with E-state index >= 15 is 0 Å². The number of Topliss-reactive ketones (excluding diaryl/α,β-unsaturated/α-hetero) is 1. The first-order valence-corrected chi connectivity index (χ1v) is 10.1. The fraction of sp³-hybridized carbons (Fsp3) is 0.435. The van der Waals surface area contributed by atoms with Crippen LogP contribution in [0.15, 0.2) is 53.7 Å². The number of fused-ring (bicyclic) bond motifs is 1. The highest BCUT2D eigenvalue weighted by Gasteiger charge is 2.42. The third kappa shape index (κ3) is 4.14. The fourth-order valence-electron chi connectivity index (χ4n) is 4.57. The van der Waals surface area contributed by atoms with Gasteiger partial charge in [0.2, 0.25) is 0 Å². The Hall–Kier alpha value is -2.53. The number of carbonyl (C=O) groups excluding carboxylic acids is 1. The molecule has 4 rings (SSSR count). The third-order valence-electron chi connectivity index (χ3n) is 6.08. The Labute approximate surface area is 165 Å². The lowest BCUT2D eigenvalue weighted by atomic mass is 10.0. The molecule has 0 amide bonds. The van der Waals surface area contributed by atoms with Gasteiger partial charge in [0.1, 0.15) is 11.4 Å². The predicted octanol–water partition coefficient (Wildman–Crippen LogP) is 4.62. The van der Waals surface area contributed by atoms with Crippen molar-refractivity contribution >= 4 is 11.5 Å². The van der Waals surface area contributed by atoms with Crippen LogP contribution in [0, 0.1) is 16.7 Å². The molecule has 2 aromatic carbocycles. The lowest BCUT2D eigenvalue weighted by molar-refractivity contribution is 0.0936. The Balaban J connectivity index is 1.27. The number of ketones is 1. The summed E-state index contributed by atoms with van der Waals surface area (Å²) >= 11 is 0. The van der Waals surface area contributed by atoms with Crippen LogP contribution in [0.1, 0.15) is 35.7 Å². The summed E-state index contributed by atoms with van der Waals surface area (Å²) in [6, 6.07) is 15.0. The van der Waals surface area contributed by atoms with Gasteiger partial charge < -0.3 is 4.74 Å². The van der Waals surface area contributed by atoms with Crippen LogP contribution in [-0.2, 0) is 6.42 Å². The second-order valence-electron chi connectivity index (χ2n) is 7.98. The maximum Gasteiger partial charge on any atom is 0.176 e. The molecule has 2 aromatic rings. The van der Waals surface area contributed by atoms with E-state index in [1.165, 1.54) is 5.56 Å². The van der Waals surface area contributed by atoms with Gasteiger partial charge in [0.05, 0.1) is 12.6 Å². The molecule has 1 heterocycles. The molecular weight excluding hydrogens is 352 g/mol. The highest BCUT2D eigenvalue weighted by molar-refractivity contribution is 5.97. The van der Waals surface area contributed by atoms with Crippen LogP contribution in [0.2, 0.25) is 0 Å². The Bertz CT molecular complexity index is 818. The number of nitrogens with zero attached hydrogens (tertiary/aromatic N) is 2. The topological polar surface area (TPSA) is 59.0 Å². The summed E-state index contributed by atoms with van der Waals surface area (Å²) in [4.78, 5) is 25.3. The second kappa shape index (κ2) is 8.23. The molecule has 0 aromatic heterocycles. The van der Waals surface area contributed by atoms with Crippen LogP contribution in [0.5, 0.6) is 5.75 Å². The van der Waals surface area contributed by atoms with Gasteiger partial charge in [0.15, 0.2) is 5.78 Å². The predicted molar refractivity (Wildman–Crippen MR) is 109 cm³/mol. The molecular formula is C23H26N2O3. The molecule has 0 bridgehead atoms. The number of rotatable bonds is 7. The zero-order chi connectivity index (χ0) is 19.5. The first-order chi connectivity index (χ1) is 13.6. The maximum atomic E-state index is 12.5. The molecule has 28 heavy (non-hydrogen) atoms. The highest BCUT2D eigenvalue weighted by Crippen LogP contribution is 2.39. The van der Waals surface area contributed by atoms with E-state index < -0.39 is 0 Å². The summed E-state index contributed by atoms with van der Waals surface area (Å²) in [6.45, 7) is 4.50. The molecule has 0 radical (unpaired) electrons. The molecule has 2 unspecified atom stereocenters.